The molecule has 9 unspecified atom stereocenters. The third-order valence-electron chi connectivity index (χ3n) is 10.4. The first-order valence-electron chi connectivity index (χ1n) is 16.0. The van der Waals surface area contributed by atoms with E-state index in [1.807, 2.05) is 31.5 Å². The molecule has 9 nitrogen and oxygen atoms in total. The number of aliphatic imine (C=N–C) groups is 1. The van der Waals surface area contributed by atoms with Crippen molar-refractivity contribution in [2.75, 3.05) is 53.5 Å². The molecule has 5 fully saturated rings. The van der Waals surface area contributed by atoms with Crippen LogP contribution in [0.3, 0.4) is 0 Å². The number of nitrogens with one attached hydrogen (secondary N) is 1. The van der Waals surface area contributed by atoms with Crippen molar-refractivity contribution >= 4 is 18.0 Å². The summed E-state index contributed by atoms with van der Waals surface area (Å²) in [5, 5.41) is 3.50. The predicted molar refractivity (Wildman–Crippen MR) is 154 cm³/mol. The summed E-state index contributed by atoms with van der Waals surface area (Å²) in [6.07, 6.45) is 11.0. The van der Waals surface area contributed by atoms with Gasteiger partial charge in [-0.3, -0.25) is 14.6 Å². The van der Waals surface area contributed by atoms with Gasteiger partial charge in [-0.1, -0.05) is 19.3 Å². The molecule has 3 aliphatic heterocycles. The average molecular weight is 574 g/mol. The molecule has 9 atom stereocenters. The van der Waals surface area contributed by atoms with E-state index in [-0.39, 0.29) is 41.9 Å². The van der Waals surface area contributed by atoms with Crippen LogP contribution in [0.1, 0.15) is 57.8 Å². The maximum Gasteiger partial charge on any atom is 0.259 e. The number of ketones is 1. The molecular formula is C31H48FN5O4. The molecule has 6 aliphatic rings. The lowest BCUT2D eigenvalue weighted by atomic mass is 9.63. The van der Waals surface area contributed by atoms with Crippen LogP contribution in [-0.4, -0.2) is 123 Å². The second kappa shape index (κ2) is 12.7. The fraction of sp³-hybridized carbons (Fsp3) is 0.839. The molecule has 6 rings (SSSR count). The van der Waals surface area contributed by atoms with Gasteiger partial charge in [0.15, 0.2) is 5.78 Å². The highest BCUT2D eigenvalue weighted by Gasteiger charge is 2.60. The van der Waals surface area contributed by atoms with Gasteiger partial charge in [0.25, 0.3) is 5.91 Å². The summed E-state index contributed by atoms with van der Waals surface area (Å²) in [6, 6.07) is -0.559. The molecule has 3 aliphatic carbocycles. The van der Waals surface area contributed by atoms with Crippen molar-refractivity contribution in [3.05, 3.63) is 11.8 Å². The summed E-state index contributed by atoms with van der Waals surface area (Å²) in [5.41, 5.74) is 0.238. The minimum Gasteiger partial charge on any atom is -0.378 e. The Balaban J connectivity index is 1.25. The van der Waals surface area contributed by atoms with Gasteiger partial charge < -0.3 is 29.5 Å². The maximum absolute atomic E-state index is 16.0. The molecule has 3 saturated carbocycles. The lowest BCUT2D eigenvalue weighted by molar-refractivity contribution is -0.215. The summed E-state index contributed by atoms with van der Waals surface area (Å²) >= 11 is 0. The number of rotatable bonds is 8. The van der Waals surface area contributed by atoms with Crippen molar-refractivity contribution in [1.29, 1.82) is 0 Å². The lowest BCUT2D eigenvalue weighted by Gasteiger charge is -2.62. The van der Waals surface area contributed by atoms with Gasteiger partial charge in [-0.2, -0.15) is 0 Å². The highest BCUT2D eigenvalue weighted by atomic mass is 19.1. The maximum atomic E-state index is 16.0. The SMILES string of the molecule is CN(C)C=NCCCCNC1C(F)CC2C(=O)C(C(=O)N3CCOCC3)=CN3C4C(CCC5CCCCC54)OC1C23. The van der Waals surface area contributed by atoms with E-state index in [2.05, 4.69) is 15.2 Å². The number of fused-ring (bicyclic) bond motifs is 4. The number of morpholine rings is 2. The fourth-order valence-electron chi connectivity index (χ4n) is 8.56. The van der Waals surface area contributed by atoms with Crippen LogP contribution in [0.2, 0.25) is 0 Å². The Labute approximate surface area is 243 Å². The molecule has 2 saturated heterocycles. The van der Waals surface area contributed by atoms with Gasteiger partial charge >= 0.3 is 0 Å². The Morgan fingerprint density at radius 3 is 2.76 bits per heavy atom. The molecule has 1 N–H and O–H groups in total. The van der Waals surface area contributed by atoms with E-state index in [4.69, 9.17) is 9.47 Å². The van der Waals surface area contributed by atoms with Crippen molar-refractivity contribution in [3.8, 4) is 0 Å². The molecule has 0 bridgehead atoms. The largest absolute Gasteiger partial charge is 0.378 e. The van der Waals surface area contributed by atoms with Gasteiger partial charge in [0.1, 0.15) is 6.17 Å². The van der Waals surface area contributed by atoms with Crippen LogP contribution < -0.4 is 5.32 Å². The van der Waals surface area contributed by atoms with E-state index in [0.29, 0.717) is 44.7 Å². The van der Waals surface area contributed by atoms with Crippen molar-refractivity contribution in [1.82, 2.24) is 20.0 Å². The van der Waals surface area contributed by atoms with E-state index in [1.165, 1.54) is 19.3 Å². The molecule has 0 spiro atoms. The van der Waals surface area contributed by atoms with Gasteiger partial charge in [-0.15, -0.1) is 0 Å². The van der Waals surface area contributed by atoms with E-state index < -0.39 is 24.2 Å². The van der Waals surface area contributed by atoms with Crippen LogP contribution in [-0.2, 0) is 19.1 Å². The molecule has 0 aromatic rings. The minimum atomic E-state index is -1.21. The van der Waals surface area contributed by atoms with E-state index in [1.54, 1.807) is 4.90 Å². The standard InChI is InChI=1S/C31H48FN5O4/c1-35(2)19-33-11-5-6-12-34-26-24(32)17-22-28-30(26)41-25-10-9-20-7-3-4-8-21(20)27(25)37(28)18-23(29(22)38)31(39)36-13-15-40-16-14-36/h18-22,24-28,30,34H,3-17H2,1-2H3. The lowest BCUT2D eigenvalue weighted by Crippen LogP contribution is -2.74. The number of halogens is 1. The normalized spacial score (nSPS) is 38.7. The number of unbranched alkanes of at least 4 members (excludes halogenated alkanes) is 1. The topological polar surface area (TPSA) is 86.7 Å². The number of ether oxygens (including phenoxy) is 2. The molecule has 0 radical (unpaired) electrons. The number of hydrogen-bond donors (Lipinski definition) is 1. The van der Waals surface area contributed by atoms with Crippen molar-refractivity contribution in [2.45, 2.75) is 94.3 Å². The molecule has 0 aromatic carbocycles. The van der Waals surface area contributed by atoms with E-state index >= 15 is 4.39 Å². The first-order chi connectivity index (χ1) is 19.9. The summed E-state index contributed by atoms with van der Waals surface area (Å²) in [6.45, 7) is 3.36. The smallest absolute Gasteiger partial charge is 0.259 e. The summed E-state index contributed by atoms with van der Waals surface area (Å²) in [5.74, 6) is 0.161. The van der Waals surface area contributed by atoms with Gasteiger partial charge in [-0.05, 0) is 56.9 Å². The first kappa shape index (κ1) is 29.1. The zero-order chi connectivity index (χ0) is 28.5. The molecule has 228 valence electrons. The average Bonchev–Trinajstić information content (AvgIpc) is 2.98. The van der Waals surface area contributed by atoms with Gasteiger partial charge in [0.05, 0.1) is 55.5 Å². The fourth-order valence-corrected chi connectivity index (χ4v) is 8.56. The van der Waals surface area contributed by atoms with Gasteiger partial charge in [0, 0.05) is 45.8 Å². The number of carbonyl (C=O) groups excluding carboxylic acids is 2. The van der Waals surface area contributed by atoms with Crippen molar-refractivity contribution in [3.63, 3.8) is 0 Å². The minimum absolute atomic E-state index is 0.00425. The van der Waals surface area contributed by atoms with Crippen LogP contribution in [0, 0.1) is 17.8 Å². The molecule has 3 heterocycles. The molecule has 41 heavy (non-hydrogen) atoms. The number of hydrogen-bond acceptors (Lipinski definition) is 7. The van der Waals surface area contributed by atoms with Crippen LogP contribution in [0.5, 0.6) is 0 Å². The molecule has 0 aromatic heterocycles. The second-order valence-electron chi connectivity index (χ2n) is 13.2. The number of carbonyl (C=O) groups is 2. The zero-order valence-corrected chi connectivity index (χ0v) is 24.8. The molecular weight excluding hydrogens is 525 g/mol. The van der Waals surface area contributed by atoms with Crippen LogP contribution >= 0.6 is 0 Å². The summed E-state index contributed by atoms with van der Waals surface area (Å²) in [4.78, 5) is 38.0. The molecule has 1 amide bonds. The van der Waals surface area contributed by atoms with Crippen LogP contribution in [0.4, 0.5) is 4.39 Å². The Bertz CT molecular complexity index is 1020. The Kier molecular flexibility index (Phi) is 8.98. The summed E-state index contributed by atoms with van der Waals surface area (Å²) in [7, 11) is 3.91. The number of Topliss-reactive ketones (excluding diaryl/α,β-unsaturated/α-hetero) is 1. The summed E-state index contributed by atoms with van der Waals surface area (Å²) < 4.78 is 28.3. The second-order valence-corrected chi connectivity index (χ2v) is 13.2. The Hall–Kier alpha value is -2.04. The zero-order valence-electron chi connectivity index (χ0n) is 24.8. The molecule has 10 heteroatoms. The quantitative estimate of drug-likeness (QED) is 0.207. The highest BCUT2D eigenvalue weighted by molar-refractivity contribution is 6.20. The van der Waals surface area contributed by atoms with Gasteiger partial charge in [-0.25, -0.2) is 4.39 Å². The third-order valence-corrected chi connectivity index (χ3v) is 10.4. The Morgan fingerprint density at radius 1 is 1.15 bits per heavy atom. The predicted octanol–water partition coefficient (Wildman–Crippen LogP) is 2.40. The van der Waals surface area contributed by atoms with Crippen molar-refractivity contribution < 1.29 is 23.5 Å². The first-order valence-corrected chi connectivity index (χ1v) is 16.0. The number of nitrogens with zero attached hydrogens (tertiary/aromatic N) is 4. The van der Waals surface area contributed by atoms with E-state index in [0.717, 1.165) is 38.6 Å². The highest BCUT2D eigenvalue weighted by Crippen LogP contribution is 2.51. The third kappa shape index (κ3) is 5.80. The van der Waals surface area contributed by atoms with Crippen molar-refractivity contribution in [2.24, 2.45) is 22.7 Å². The van der Waals surface area contributed by atoms with Crippen LogP contribution in [0.15, 0.2) is 16.8 Å². The monoisotopic (exact) mass is 573 g/mol. The number of amides is 1. The van der Waals surface area contributed by atoms with Crippen LogP contribution in [0.25, 0.3) is 0 Å². The number of alkyl halides is 1. The van der Waals surface area contributed by atoms with Gasteiger partial charge in [0.2, 0.25) is 0 Å². The Morgan fingerprint density at radius 2 is 1.95 bits per heavy atom. The van der Waals surface area contributed by atoms with E-state index in [9.17, 15) is 9.59 Å².